The summed E-state index contributed by atoms with van der Waals surface area (Å²) >= 11 is 25.9. The van der Waals surface area contributed by atoms with E-state index >= 15 is 0 Å². The molecule has 156 valence electrons. The molecule has 0 bridgehead atoms. The van der Waals surface area contributed by atoms with Crippen molar-refractivity contribution in [2.45, 2.75) is 25.3 Å². The minimum Gasteiger partial charge on any atom is -0.357 e. The molecule has 1 N–H and O–H groups in total. The monoisotopic (exact) mass is 492 g/mol. The van der Waals surface area contributed by atoms with Gasteiger partial charge >= 0.3 is 0 Å². The van der Waals surface area contributed by atoms with Gasteiger partial charge in [-0.2, -0.15) is 0 Å². The number of nitrogens with one attached hydrogen (secondary N) is 1. The summed E-state index contributed by atoms with van der Waals surface area (Å²) in [5, 5.41) is 4.43. The van der Waals surface area contributed by atoms with Gasteiger partial charge in [-0.15, -0.1) is 11.8 Å². The van der Waals surface area contributed by atoms with Gasteiger partial charge in [0, 0.05) is 35.0 Å². The van der Waals surface area contributed by atoms with Crippen molar-refractivity contribution >= 4 is 70.0 Å². The lowest BCUT2D eigenvalue weighted by atomic mass is 10.1. The number of hydrogen-bond acceptors (Lipinski definition) is 3. The Hall–Kier alpha value is -1.11. The van der Waals surface area contributed by atoms with E-state index < -0.39 is 6.04 Å². The van der Waals surface area contributed by atoms with Crippen LogP contribution in [0.3, 0.4) is 0 Å². The Morgan fingerprint density at radius 1 is 1.03 bits per heavy atom. The molecule has 0 heterocycles. The van der Waals surface area contributed by atoms with E-state index in [0.29, 0.717) is 31.4 Å². The number of carbonyl (C=O) groups excluding carboxylic acids is 2. The molecule has 0 aromatic heterocycles. The summed E-state index contributed by atoms with van der Waals surface area (Å²) in [6.45, 7) is 1.81. The van der Waals surface area contributed by atoms with Crippen LogP contribution < -0.4 is 5.32 Å². The molecule has 0 radical (unpaired) electrons. The predicted molar refractivity (Wildman–Crippen MR) is 123 cm³/mol. The molecule has 0 unspecified atom stereocenters. The van der Waals surface area contributed by atoms with Crippen LogP contribution in [0.25, 0.3) is 0 Å². The van der Waals surface area contributed by atoms with E-state index in [2.05, 4.69) is 5.32 Å². The van der Waals surface area contributed by atoms with E-state index in [9.17, 15) is 9.59 Å². The summed E-state index contributed by atoms with van der Waals surface area (Å²) in [7, 11) is 1.53. The Bertz CT molecular complexity index is 875. The van der Waals surface area contributed by atoms with Crippen LogP contribution in [-0.2, 0) is 21.9 Å². The first-order valence-electron chi connectivity index (χ1n) is 8.70. The molecule has 9 heteroatoms. The third-order valence-electron chi connectivity index (χ3n) is 4.28. The molecule has 0 aliphatic rings. The van der Waals surface area contributed by atoms with Crippen molar-refractivity contribution in [3.8, 4) is 0 Å². The Morgan fingerprint density at radius 3 is 2.28 bits per heavy atom. The molecule has 0 saturated heterocycles. The number of benzene rings is 2. The van der Waals surface area contributed by atoms with Gasteiger partial charge in [0.1, 0.15) is 6.04 Å². The fourth-order valence-electron chi connectivity index (χ4n) is 2.61. The normalized spacial score (nSPS) is 11.8. The van der Waals surface area contributed by atoms with Gasteiger partial charge in [-0.1, -0.05) is 58.5 Å². The highest BCUT2D eigenvalue weighted by Gasteiger charge is 2.26. The first-order chi connectivity index (χ1) is 13.7. The maximum atomic E-state index is 12.9. The van der Waals surface area contributed by atoms with Crippen molar-refractivity contribution in [2.75, 3.05) is 12.8 Å². The average molecular weight is 494 g/mol. The quantitative estimate of drug-likeness (QED) is 0.513. The van der Waals surface area contributed by atoms with Gasteiger partial charge in [0.15, 0.2) is 0 Å². The Balaban J connectivity index is 2.11. The summed E-state index contributed by atoms with van der Waals surface area (Å²) in [6, 6.07) is 9.82. The number of rotatable bonds is 8. The minimum atomic E-state index is -0.676. The zero-order chi connectivity index (χ0) is 21.6. The van der Waals surface area contributed by atoms with E-state index in [0.717, 1.165) is 5.56 Å². The molecule has 2 aromatic carbocycles. The lowest BCUT2D eigenvalue weighted by molar-refractivity contribution is -0.138. The zero-order valence-corrected chi connectivity index (χ0v) is 19.7. The van der Waals surface area contributed by atoms with Gasteiger partial charge in [0.05, 0.1) is 15.8 Å². The molecule has 0 spiro atoms. The molecule has 29 heavy (non-hydrogen) atoms. The number of nitrogens with zero attached hydrogens (tertiary/aromatic N) is 1. The Labute approximate surface area is 194 Å². The van der Waals surface area contributed by atoms with Crippen LogP contribution in [0.2, 0.25) is 20.1 Å². The van der Waals surface area contributed by atoms with Crippen LogP contribution >= 0.6 is 58.2 Å². The minimum absolute atomic E-state index is 0.138. The lowest BCUT2D eigenvalue weighted by Gasteiger charge is -2.29. The molecule has 1 atom stereocenters. The molecule has 0 fully saturated rings. The average Bonchev–Trinajstić information content (AvgIpc) is 2.69. The standard InChI is InChI=1S/C20H20Cl4N2O2S/c1-12(20(28)25-2)26(9-14-15(21)4-3-5-16(14)22)19(27)11-29-10-13-6-7-17(23)18(24)8-13/h3-8,12H,9-11H2,1-2H3,(H,25,28)/t12-/m1/s1. The van der Waals surface area contributed by atoms with Crippen molar-refractivity contribution in [3.05, 3.63) is 67.6 Å². The number of hydrogen-bond donors (Lipinski definition) is 1. The van der Waals surface area contributed by atoms with Gasteiger partial charge in [-0.3, -0.25) is 9.59 Å². The highest BCUT2D eigenvalue weighted by molar-refractivity contribution is 7.99. The molecule has 2 aromatic rings. The van der Waals surface area contributed by atoms with Crippen LogP contribution in [0.4, 0.5) is 0 Å². The van der Waals surface area contributed by atoms with Gasteiger partial charge in [-0.25, -0.2) is 0 Å². The summed E-state index contributed by atoms with van der Waals surface area (Å²) in [5.74, 6) is 0.305. The van der Waals surface area contributed by atoms with E-state index in [1.54, 1.807) is 37.3 Å². The van der Waals surface area contributed by atoms with Gasteiger partial charge < -0.3 is 10.2 Å². The maximum Gasteiger partial charge on any atom is 0.242 e. The summed E-state index contributed by atoms with van der Waals surface area (Å²) < 4.78 is 0. The first-order valence-corrected chi connectivity index (χ1v) is 11.4. The third-order valence-corrected chi connectivity index (χ3v) is 6.72. The second kappa shape index (κ2) is 11.3. The van der Waals surface area contributed by atoms with E-state index in [-0.39, 0.29) is 24.1 Å². The smallest absolute Gasteiger partial charge is 0.242 e. The zero-order valence-electron chi connectivity index (χ0n) is 15.8. The van der Waals surface area contributed by atoms with Gasteiger partial charge in [0.25, 0.3) is 0 Å². The van der Waals surface area contributed by atoms with E-state index in [4.69, 9.17) is 46.4 Å². The summed E-state index contributed by atoms with van der Waals surface area (Å²) in [6.07, 6.45) is 0. The second-order valence-corrected chi connectivity index (χ2v) is 8.87. The van der Waals surface area contributed by atoms with Crippen molar-refractivity contribution < 1.29 is 9.59 Å². The molecular formula is C20H20Cl4N2O2S. The molecule has 4 nitrogen and oxygen atoms in total. The van der Waals surface area contributed by atoms with Gasteiger partial charge in [-0.05, 0) is 36.8 Å². The van der Waals surface area contributed by atoms with E-state index in [1.165, 1.54) is 23.7 Å². The first kappa shape index (κ1) is 24.2. The van der Waals surface area contributed by atoms with Crippen molar-refractivity contribution in [2.24, 2.45) is 0 Å². The van der Waals surface area contributed by atoms with Gasteiger partial charge in [0.2, 0.25) is 11.8 Å². The number of carbonyl (C=O) groups is 2. The number of amides is 2. The van der Waals surface area contributed by atoms with Crippen molar-refractivity contribution in [1.29, 1.82) is 0 Å². The lowest BCUT2D eigenvalue weighted by Crippen LogP contribution is -2.47. The molecule has 0 aliphatic heterocycles. The highest BCUT2D eigenvalue weighted by atomic mass is 35.5. The van der Waals surface area contributed by atoms with Crippen LogP contribution in [-0.4, -0.2) is 35.6 Å². The van der Waals surface area contributed by atoms with Crippen LogP contribution in [0.1, 0.15) is 18.1 Å². The summed E-state index contributed by atoms with van der Waals surface area (Å²) in [5.41, 5.74) is 1.56. The molecule has 2 amide bonds. The van der Waals surface area contributed by atoms with Crippen molar-refractivity contribution in [3.63, 3.8) is 0 Å². The van der Waals surface area contributed by atoms with Crippen LogP contribution in [0.15, 0.2) is 36.4 Å². The van der Waals surface area contributed by atoms with Crippen LogP contribution in [0, 0.1) is 0 Å². The molecule has 2 rings (SSSR count). The fourth-order valence-corrected chi connectivity index (χ4v) is 4.31. The Morgan fingerprint density at radius 2 is 1.69 bits per heavy atom. The largest absolute Gasteiger partial charge is 0.357 e. The number of likely N-dealkylation sites (N-methyl/N-ethyl adjacent to an activating group) is 1. The van der Waals surface area contributed by atoms with Crippen molar-refractivity contribution in [1.82, 2.24) is 10.2 Å². The summed E-state index contributed by atoms with van der Waals surface area (Å²) in [4.78, 5) is 26.6. The SMILES string of the molecule is CNC(=O)[C@@H](C)N(Cc1c(Cl)cccc1Cl)C(=O)CSCc1ccc(Cl)c(Cl)c1. The fraction of sp³-hybridized carbons (Fsp3) is 0.300. The van der Waals surface area contributed by atoms with E-state index in [1.807, 2.05) is 6.07 Å². The second-order valence-electron chi connectivity index (χ2n) is 6.25. The number of halogens is 4. The highest BCUT2D eigenvalue weighted by Crippen LogP contribution is 2.28. The topological polar surface area (TPSA) is 49.4 Å². The van der Waals surface area contributed by atoms with Crippen LogP contribution in [0.5, 0.6) is 0 Å². The third kappa shape index (κ3) is 6.69. The molecule has 0 saturated carbocycles. The Kier molecular flexibility index (Phi) is 9.44. The number of thioether (sulfide) groups is 1. The molecule has 0 aliphatic carbocycles. The maximum absolute atomic E-state index is 12.9. The predicted octanol–water partition coefficient (Wildman–Crippen LogP) is 5.70. The molecular weight excluding hydrogens is 474 g/mol.